The van der Waals surface area contributed by atoms with Crippen molar-refractivity contribution in [1.82, 2.24) is 4.98 Å². The number of hydrogen-bond acceptors (Lipinski definition) is 6. The molecule has 1 heterocycles. The minimum atomic E-state index is -1.09. The number of aliphatic hydroxyl groups excluding tert-OH is 1. The van der Waals surface area contributed by atoms with Gasteiger partial charge in [0, 0.05) is 5.75 Å². The second-order valence-electron chi connectivity index (χ2n) is 4.09. The molecule has 2 atom stereocenters. The summed E-state index contributed by atoms with van der Waals surface area (Å²) in [6.45, 7) is 0. The fraction of sp³-hybridized carbons (Fsp3) is 0.333. The Kier molecular flexibility index (Phi) is 4.76. The largest absolute Gasteiger partial charge is 0.480 e. The van der Waals surface area contributed by atoms with Crippen molar-refractivity contribution in [1.29, 1.82) is 0 Å². The summed E-state index contributed by atoms with van der Waals surface area (Å²) in [5, 5.41) is 18.4. The van der Waals surface area contributed by atoms with E-state index in [0.29, 0.717) is 5.75 Å². The van der Waals surface area contributed by atoms with Crippen molar-refractivity contribution in [3.05, 3.63) is 24.3 Å². The fourth-order valence-corrected chi connectivity index (χ4v) is 3.58. The molecule has 2 rings (SSSR count). The summed E-state index contributed by atoms with van der Waals surface area (Å²) in [5.74, 6) is -0.704. The van der Waals surface area contributed by atoms with Gasteiger partial charge in [0.25, 0.3) is 0 Å². The highest BCUT2D eigenvalue weighted by molar-refractivity contribution is 8.01. The van der Waals surface area contributed by atoms with Gasteiger partial charge in [0.1, 0.15) is 6.04 Å². The van der Waals surface area contributed by atoms with Gasteiger partial charge in [-0.25, -0.2) is 4.98 Å². The predicted molar refractivity (Wildman–Crippen MR) is 76.6 cm³/mol. The van der Waals surface area contributed by atoms with Gasteiger partial charge in [0.2, 0.25) is 0 Å². The molecule has 0 aliphatic rings. The zero-order chi connectivity index (χ0) is 13.8. The third kappa shape index (κ3) is 3.90. The van der Waals surface area contributed by atoms with Crippen molar-refractivity contribution in [2.24, 2.45) is 5.73 Å². The second-order valence-corrected chi connectivity index (χ2v) is 6.39. The van der Waals surface area contributed by atoms with Crippen LogP contribution in [0.25, 0.3) is 10.2 Å². The molecular formula is C12H14N2O3S2. The highest BCUT2D eigenvalue weighted by Crippen LogP contribution is 2.29. The first-order valence-corrected chi connectivity index (χ1v) is 7.51. The maximum atomic E-state index is 10.6. The number of thiazole rings is 1. The molecule has 0 fully saturated rings. The van der Waals surface area contributed by atoms with Crippen molar-refractivity contribution < 1.29 is 15.0 Å². The van der Waals surface area contributed by atoms with E-state index >= 15 is 0 Å². The molecule has 0 radical (unpaired) electrons. The van der Waals surface area contributed by atoms with E-state index in [9.17, 15) is 9.90 Å². The number of benzene rings is 1. The average molecular weight is 298 g/mol. The van der Waals surface area contributed by atoms with Crippen LogP contribution < -0.4 is 5.73 Å². The van der Waals surface area contributed by atoms with Crippen LogP contribution in [0.3, 0.4) is 0 Å². The first-order valence-electron chi connectivity index (χ1n) is 5.71. The number of carboxylic acids is 1. The maximum absolute atomic E-state index is 10.6. The molecular weight excluding hydrogens is 284 g/mol. The van der Waals surface area contributed by atoms with E-state index in [0.717, 1.165) is 14.6 Å². The van der Waals surface area contributed by atoms with Crippen molar-refractivity contribution in [3.8, 4) is 0 Å². The normalized spacial score (nSPS) is 14.4. The lowest BCUT2D eigenvalue weighted by Gasteiger charge is -2.11. The van der Waals surface area contributed by atoms with Gasteiger partial charge in [-0.05, 0) is 18.6 Å². The molecule has 102 valence electrons. The van der Waals surface area contributed by atoms with Crippen molar-refractivity contribution in [2.75, 3.05) is 5.75 Å². The second kappa shape index (κ2) is 6.33. The number of rotatable bonds is 6. The molecule has 1 aromatic heterocycles. The topological polar surface area (TPSA) is 96.4 Å². The summed E-state index contributed by atoms with van der Waals surface area (Å²) >= 11 is 2.97. The third-order valence-electron chi connectivity index (χ3n) is 2.52. The van der Waals surface area contributed by atoms with Crippen molar-refractivity contribution in [2.45, 2.75) is 22.9 Å². The molecule has 1 aromatic carbocycles. The molecule has 7 heteroatoms. The summed E-state index contributed by atoms with van der Waals surface area (Å²) in [7, 11) is 0. The van der Waals surface area contributed by atoms with E-state index in [2.05, 4.69) is 4.98 Å². The predicted octanol–water partition coefficient (Wildman–Crippen LogP) is 1.55. The van der Waals surface area contributed by atoms with Crippen LogP contribution in [0.1, 0.15) is 6.42 Å². The Bertz CT molecular complexity index is 540. The Morgan fingerprint density at radius 2 is 2.21 bits per heavy atom. The van der Waals surface area contributed by atoms with Crippen LogP contribution in [-0.4, -0.2) is 39.1 Å². The first kappa shape index (κ1) is 14.3. The molecule has 2 unspecified atom stereocenters. The van der Waals surface area contributed by atoms with Gasteiger partial charge >= 0.3 is 5.97 Å². The molecule has 19 heavy (non-hydrogen) atoms. The lowest BCUT2D eigenvalue weighted by Crippen LogP contribution is -2.34. The van der Waals surface area contributed by atoms with E-state index in [1.165, 1.54) is 11.8 Å². The highest BCUT2D eigenvalue weighted by atomic mass is 32.2. The zero-order valence-electron chi connectivity index (χ0n) is 10.0. The molecule has 0 aliphatic heterocycles. The van der Waals surface area contributed by atoms with E-state index in [4.69, 9.17) is 10.8 Å². The Balaban J connectivity index is 1.89. The van der Waals surface area contributed by atoms with E-state index < -0.39 is 18.1 Å². The van der Waals surface area contributed by atoms with Gasteiger partial charge in [-0.3, -0.25) is 4.79 Å². The standard InChI is InChI=1S/C12H14N2O3S2/c13-8(11(16)17)5-7(15)6-18-12-14-9-3-1-2-4-10(9)19-12/h1-4,7-8,15H,5-6,13H2,(H,16,17). The summed E-state index contributed by atoms with van der Waals surface area (Å²) in [6.07, 6.45) is -0.698. The van der Waals surface area contributed by atoms with Crippen LogP contribution in [0.5, 0.6) is 0 Å². The molecule has 0 aliphatic carbocycles. The number of nitrogens with two attached hydrogens (primary N) is 1. The fourth-order valence-electron chi connectivity index (χ4n) is 1.54. The molecule has 2 aromatic rings. The lowest BCUT2D eigenvalue weighted by molar-refractivity contribution is -0.139. The minimum Gasteiger partial charge on any atom is -0.480 e. The molecule has 0 saturated heterocycles. The Labute approximate surface area is 118 Å². The lowest BCUT2D eigenvalue weighted by atomic mass is 10.1. The van der Waals surface area contributed by atoms with Crippen LogP contribution in [0.2, 0.25) is 0 Å². The Morgan fingerprint density at radius 1 is 1.47 bits per heavy atom. The van der Waals surface area contributed by atoms with Crippen LogP contribution >= 0.6 is 23.1 Å². The van der Waals surface area contributed by atoms with Crippen LogP contribution in [-0.2, 0) is 4.79 Å². The third-order valence-corrected chi connectivity index (χ3v) is 4.84. The molecule has 5 nitrogen and oxygen atoms in total. The van der Waals surface area contributed by atoms with Crippen molar-refractivity contribution >= 4 is 39.3 Å². The molecule has 4 N–H and O–H groups in total. The number of para-hydroxylation sites is 1. The number of aliphatic carboxylic acids is 1. The number of nitrogens with zero attached hydrogens (tertiary/aromatic N) is 1. The summed E-state index contributed by atoms with van der Waals surface area (Å²) < 4.78 is 1.96. The Morgan fingerprint density at radius 3 is 2.89 bits per heavy atom. The number of hydrogen-bond donors (Lipinski definition) is 3. The van der Waals surface area contributed by atoms with Gasteiger partial charge in [-0.2, -0.15) is 0 Å². The zero-order valence-corrected chi connectivity index (χ0v) is 11.7. The first-order chi connectivity index (χ1) is 9.06. The van der Waals surface area contributed by atoms with Gasteiger partial charge in [-0.1, -0.05) is 23.9 Å². The van der Waals surface area contributed by atoms with Crippen LogP contribution in [0.15, 0.2) is 28.6 Å². The molecule has 0 saturated carbocycles. The molecule has 0 bridgehead atoms. The SMILES string of the molecule is NC(CC(O)CSc1nc2ccccc2s1)C(=O)O. The number of carboxylic acid groups (broad SMARTS) is 1. The number of fused-ring (bicyclic) bond motifs is 1. The monoisotopic (exact) mass is 298 g/mol. The maximum Gasteiger partial charge on any atom is 0.320 e. The summed E-state index contributed by atoms with van der Waals surface area (Å²) in [6, 6.07) is 6.79. The Hall–Kier alpha value is -1.15. The smallest absolute Gasteiger partial charge is 0.320 e. The van der Waals surface area contributed by atoms with Crippen LogP contribution in [0.4, 0.5) is 0 Å². The number of aliphatic hydroxyl groups is 1. The van der Waals surface area contributed by atoms with E-state index in [-0.39, 0.29) is 6.42 Å². The van der Waals surface area contributed by atoms with Gasteiger partial charge in [0.15, 0.2) is 4.34 Å². The molecule has 0 spiro atoms. The highest BCUT2D eigenvalue weighted by Gasteiger charge is 2.17. The molecule has 0 amide bonds. The van der Waals surface area contributed by atoms with Crippen LogP contribution in [0, 0.1) is 0 Å². The minimum absolute atomic E-state index is 0.0488. The quantitative estimate of drug-likeness (QED) is 0.700. The van der Waals surface area contributed by atoms with E-state index in [1.807, 2.05) is 24.3 Å². The van der Waals surface area contributed by atoms with E-state index in [1.54, 1.807) is 11.3 Å². The van der Waals surface area contributed by atoms with Gasteiger partial charge in [-0.15, -0.1) is 11.3 Å². The number of thioether (sulfide) groups is 1. The summed E-state index contributed by atoms with van der Waals surface area (Å²) in [5.41, 5.74) is 6.30. The van der Waals surface area contributed by atoms with Gasteiger partial charge in [0.05, 0.1) is 16.3 Å². The number of carbonyl (C=O) groups is 1. The summed E-state index contributed by atoms with van der Waals surface area (Å²) in [4.78, 5) is 15.0. The average Bonchev–Trinajstić information content (AvgIpc) is 2.78. The van der Waals surface area contributed by atoms with Gasteiger partial charge < -0.3 is 15.9 Å². The number of aromatic nitrogens is 1. The van der Waals surface area contributed by atoms with Crippen molar-refractivity contribution in [3.63, 3.8) is 0 Å².